The molecule has 0 saturated heterocycles. The van der Waals surface area contributed by atoms with E-state index in [0.717, 1.165) is 22.0 Å². The molecule has 1 amide bonds. The zero-order chi connectivity index (χ0) is 20.3. The van der Waals surface area contributed by atoms with E-state index in [1.54, 1.807) is 28.9 Å². The quantitative estimate of drug-likeness (QED) is 0.420. The van der Waals surface area contributed by atoms with Gasteiger partial charge in [0.2, 0.25) is 0 Å². The molecule has 1 unspecified atom stereocenters. The Morgan fingerprint density at radius 2 is 2.07 bits per heavy atom. The summed E-state index contributed by atoms with van der Waals surface area (Å²) in [5, 5.41) is 17.0. The number of thiophene rings is 1. The van der Waals surface area contributed by atoms with Crippen LogP contribution in [0.5, 0.6) is 0 Å². The smallest absolute Gasteiger partial charge is 0.253 e. The third-order valence-corrected chi connectivity index (χ3v) is 6.57. The minimum absolute atomic E-state index is 0.101. The fraction of sp³-hybridized carbons (Fsp3) is 0.143. The zero-order valence-electron chi connectivity index (χ0n) is 15.8. The Labute approximate surface area is 181 Å². The number of hydrazone groups is 1. The Hall–Kier alpha value is -3.17. The monoisotopic (exact) mass is 435 g/mol. The van der Waals surface area contributed by atoms with E-state index in [-0.39, 0.29) is 17.7 Å². The average molecular weight is 436 g/mol. The number of benzene rings is 1. The highest BCUT2D eigenvalue weighted by atomic mass is 32.2. The number of thioether (sulfide) groups is 1. The lowest BCUT2D eigenvalue weighted by molar-refractivity contribution is -0.130. The van der Waals surface area contributed by atoms with Crippen LogP contribution >= 0.6 is 23.1 Å². The van der Waals surface area contributed by atoms with Gasteiger partial charge in [0.05, 0.1) is 22.6 Å². The van der Waals surface area contributed by atoms with Crippen molar-refractivity contribution in [1.82, 2.24) is 19.8 Å². The topological polar surface area (TPSA) is 76.5 Å². The number of para-hydroxylation sites is 1. The predicted octanol–water partition coefficient (Wildman–Crippen LogP) is 4.39. The number of aromatic nitrogens is 3. The van der Waals surface area contributed by atoms with Gasteiger partial charge in [-0.25, -0.2) is 5.01 Å². The molecular weight excluding hydrogens is 418 g/mol. The highest BCUT2D eigenvalue weighted by Crippen LogP contribution is 2.34. The number of furan rings is 1. The van der Waals surface area contributed by atoms with Crippen molar-refractivity contribution in [3.8, 4) is 5.69 Å². The van der Waals surface area contributed by atoms with Crippen molar-refractivity contribution in [3.63, 3.8) is 0 Å². The molecule has 1 atom stereocenters. The summed E-state index contributed by atoms with van der Waals surface area (Å²) in [6.45, 7) is 0. The van der Waals surface area contributed by atoms with Crippen LogP contribution in [0.1, 0.15) is 23.1 Å². The van der Waals surface area contributed by atoms with Gasteiger partial charge < -0.3 is 4.42 Å². The van der Waals surface area contributed by atoms with E-state index in [1.165, 1.54) is 11.8 Å². The number of nitrogens with zero attached hydrogens (tertiary/aromatic N) is 5. The summed E-state index contributed by atoms with van der Waals surface area (Å²) in [4.78, 5) is 14.2. The first kappa shape index (κ1) is 18.8. The molecule has 30 heavy (non-hydrogen) atoms. The van der Waals surface area contributed by atoms with Gasteiger partial charge in [0.1, 0.15) is 18.1 Å². The minimum atomic E-state index is -0.239. The highest BCUT2D eigenvalue weighted by Gasteiger charge is 2.35. The first-order valence-electron chi connectivity index (χ1n) is 9.34. The molecule has 0 fully saturated rings. The molecule has 4 heterocycles. The van der Waals surface area contributed by atoms with Gasteiger partial charge in [-0.1, -0.05) is 36.0 Å². The number of carbonyl (C=O) groups excluding carboxylic acids is 1. The summed E-state index contributed by atoms with van der Waals surface area (Å²) in [7, 11) is 0. The van der Waals surface area contributed by atoms with Crippen molar-refractivity contribution >= 4 is 34.7 Å². The zero-order valence-corrected chi connectivity index (χ0v) is 17.4. The van der Waals surface area contributed by atoms with Gasteiger partial charge in [0.25, 0.3) is 5.91 Å². The molecule has 0 bridgehead atoms. The van der Waals surface area contributed by atoms with Crippen molar-refractivity contribution < 1.29 is 9.21 Å². The second-order valence-corrected chi connectivity index (χ2v) is 8.50. The van der Waals surface area contributed by atoms with Crippen molar-refractivity contribution in [2.75, 3.05) is 5.75 Å². The van der Waals surface area contributed by atoms with Gasteiger partial charge in [-0.15, -0.1) is 21.5 Å². The van der Waals surface area contributed by atoms with Crippen molar-refractivity contribution in [3.05, 3.63) is 83.2 Å². The number of hydrogen-bond donors (Lipinski definition) is 0. The molecule has 0 spiro atoms. The van der Waals surface area contributed by atoms with Gasteiger partial charge in [-0.2, -0.15) is 5.10 Å². The molecule has 1 aliphatic rings. The van der Waals surface area contributed by atoms with E-state index in [2.05, 4.69) is 15.3 Å². The lowest BCUT2D eigenvalue weighted by atomic mass is 10.1. The standard InChI is InChI=1S/C21H17N5O2S2/c27-20(13-30-21-23-22-14-25(21)15-6-2-1-3-7-15)26-17(18-8-4-10-28-18)12-16(24-26)19-9-5-11-29-19/h1-11,14,17H,12-13H2. The van der Waals surface area contributed by atoms with E-state index in [1.807, 2.05) is 64.5 Å². The second-order valence-electron chi connectivity index (χ2n) is 6.61. The largest absolute Gasteiger partial charge is 0.467 e. The summed E-state index contributed by atoms with van der Waals surface area (Å²) in [6, 6.07) is 17.3. The molecule has 0 radical (unpaired) electrons. The van der Waals surface area contributed by atoms with Crippen LogP contribution in [0.15, 0.2) is 87.2 Å². The van der Waals surface area contributed by atoms with Crippen LogP contribution in [0.25, 0.3) is 5.69 Å². The number of amides is 1. The summed E-state index contributed by atoms with van der Waals surface area (Å²) < 4.78 is 7.46. The SMILES string of the molecule is O=C(CSc1nncn1-c1ccccc1)N1N=C(c2cccs2)CC1c1ccco1. The lowest BCUT2D eigenvalue weighted by Gasteiger charge is -2.19. The van der Waals surface area contributed by atoms with E-state index in [0.29, 0.717) is 11.6 Å². The summed E-state index contributed by atoms with van der Waals surface area (Å²) >= 11 is 2.96. The molecule has 0 aliphatic carbocycles. The normalized spacial score (nSPS) is 16.1. The van der Waals surface area contributed by atoms with Crippen LogP contribution in [0.4, 0.5) is 0 Å². The molecule has 0 N–H and O–H groups in total. The maximum absolute atomic E-state index is 13.1. The minimum Gasteiger partial charge on any atom is -0.467 e. The van der Waals surface area contributed by atoms with Crippen LogP contribution in [-0.2, 0) is 4.79 Å². The molecule has 0 saturated carbocycles. The average Bonchev–Trinajstić information content (AvgIpc) is 3.57. The number of carbonyl (C=O) groups is 1. The third kappa shape index (κ3) is 3.69. The van der Waals surface area contributed by atoms with Crippen LogP contribution in [-0.4, -0.2) is 37.1 Å². The van der Waals surface area contributed by atoms with Gasteiger partial charge in [-0.3, -0.25) is 9.36 Å². The molecular formula is C21H17N5O2S2. The van der Waals surface area contributed by atoms with Crippen molar-refractivity contribution in [2.24, 2.45) is 5.10 Å². The van der Waals surface area contributed by atoms with Crippen molar-refractivity contribution in [2.45, 2.75) is 17.6 Å². The Balaban J connectivity index is 1.35. The first-order valence-corrected chi connectivity index (χ1v) is 11.2. The third-order valence-electron chi connectivity index (χ3n) is 4.72. The summed E-state index contributed by atoms with van der Waals surface area (Å²) in [6.07, 6.45) is 3.90. The Bertz CT molecular complexity index is 1150. The van der Waals surface area contributed by atoms with Gasteiger partial charge >= 0.3 is 0 Å². The van der Waals surface area contributed by atoms with Crippen LogP contribution < -0.4 is 0 Å². The van der Waals surface area contributed by atoms with E-state index < -0.39 is 0 Å². The molecule has 150 valence electrons. The summed E-state index contributed by atoms with van der Waals surface area (Å²) in [5.41, 5.74) is 1.85. The Morgan fingerprint density at radius 1 is 1.17 bits per heavy atom. The highest BCUT2D eigenvalue weighted by molar-refractivity contribution is 7.99. The summed E-state index contributed by atoms with van der Waals surface area (Å²) in [5.74, 6) is 0.830. The van der Waals surface area contributed by atoms with Gasteiger partial charge in [0, 0.05) is 12.1 Å². The molecule has 4 aromatic rings. The van der Waals surface area contributed by atoms with Crippen LogP contribution in [0, 0.1) is 0 Å². The van der Waals surface area contributed by atoms with Gasteiger partial charge in [0.15, 0.2) is 5.16 Å². The molecule has 3 aromatic heterocycles. The Kier molecular flexibility index (Phi) is 5.20. The van der Waals surface area contributed by atoms with E-state index in [9.17, 15) is 4.79 Å². The molecule has 5 rings (SSSR count). The fourth-order valence-electron chi connectivity index (χ4n) is 3.32. The predicted molar refractivity (Wildman–Crippen MR) is 116 cm³/mol. The van der Waals surface area contributed by atoms with Crippen LogP contribution in [0.2, 0.25) is 0 Å². The fourth-order valence-corrected chi connectivity index (χ4v) is 4.82. The Morgan fingerprint density at radius 3 is 2.83 bits per heavy atom. The van der Waals surface area contributed by atoms with Crippen molar-refractivity contribution in [1.29, 1.82) is 0 Å². The second kappa shape index (κ2) is 8.29. The maximum Gasteiger partial charge on any atom is 0.253 e. The maximum atomic E-state index is 13.1. The molecule has 1 aliphatic heterocycles. The lowest BCUT2D eigenvalue weighted by Crippen LogP contribution is -2.28. The van der Waals surface area contributed by atoms with Crippen LogP contribution in [0.3, 0.4) is 0 Å². The molecule has 7 nitrogen and oxygen atoms in total. The van der Waals surface area contributed by atoms with E-state index >= 15 is 0 Å². The first-order chi connectivity index (χ1) is 14.8. The molecule has 9 heteroatoms. The van der Waals surface area contributed by atoms with Gasteiger partial charge in [-0.05, 0) is 35.7 Å². The van der Waals surface area contributed by atoms with E-state index in [4.69, 9.17) is 4.42 Å². The molecule has 1 aromatic carbocycles. The number of rotatable bonds is 6. The number of hydrogen-bond acceptors (Lipinski definition) is 7.